The second-order valence-corrected chi connectivity index (χ2v) is 6.81. The summed E-state index contributed by atoms with van der Waals surface area (Å²) in [6.45, 7) is 1.76. The number of halogens is 2. The maximum absolute atomic E-state index is 12.0. The van der Waals surface area contributed by atoms with Crippen LogP contribution >= 0.6 is 23.2 Å². The Bertz CT molecular complexity index is 563. The van der Waals surface area contributed by atoms with Gasteiger partial charge in [0.25, 0.3) is 0 Å². The predicted octanol–water partition coefficient (Wildman–Crippen LogP) is 2.97. The monoisotopic (exact) mass is 341 g/mol. The Morgan fingerprint density at radius 2 is 1.85 bits per heavy atom. The first-order valence-corrected chi connectivity index (χ1v) is 8.37. The Labute approximate surface area is 129 Å². The number of benzene rings is 1. The highest BCUT2D eigenvalue weighted by atomic mass is 35.5. The van der Waals surface area contributed by atoms with Crippen LogP contribution in [0.4, 0.5) is 5.69 Å². The van der Waals surface area contributed by atoms with Gasteiger partial charge in [0.1, 0.15) is 11.5 Å². The number of anilines is 1. The maximum Gasteiger partial charge on any atom is 0.233 e. The average molecular weight is 342 g/mol. The smallest absolute Gasteiger partial charge is 0.233 e. The van der Waals surface area contributed by atoms with E-state index in [-0.39, 0.29) is 23.2 Å². The van der Waals surface area contributed by atoms with E-state index in [1.807, 2.05) is 0 Å². The molecule has 1 N–H and O–H groups in total. The van der Waals surface area contributed by atoms with Crippen molar-refractivity contribution < 1.29 is 17.9 Å². The van der Waals surface area contributed by atoms with Crippen LogP contribution < -0.4 is 14.2 Å². The lowest BCUT2D eigenvalue weighted by atomic mass is 10.3. The summed E-state index contributed by atoms with van der Waals surface area (Å²) >= 11 is 11.6. The van der Waals surface area contributed by atoms with E-state index in [9.17, 15) is 8.42 Å². The standard InChI is InChI=1S/C12H17Cl2NO4S/c1-8(6-13)7-20(16,17)15-10-5-11(18-2)9(14)4-12(10)19-3/h4-5,8,15H,6-7H2,1-3H3. The highest BCUT2D eigenvalue weighted by Gasteiger charge is 2.19. The fourth-order valence-electron chi connectivity index (χ4n) is 1.57. The second-order valence-electron chi connectivity index (χ2n) is 4.33. The topological polar surface area (TPSA) is 64.6 Å². The lowest BCUT2D eigenvalue weighted by Crippen LogP contribution is -2.22. The molecule has 5 nitrogen and oxygen atoms in total. The van der Waals surface area contributed by atoms with Crippen molar-refractivity contribution >= 4 is 38.9 Å². The number of hydrogen-bond donors (Lipinski definition) is 1. The zero-order valence-corrected chi connectivity index (χ0v) is 13.8. The molecule has 0 bridgehead atoms. The zero-order chi connectivity index (χ0) is 15.3. The third-order valence-corrected chi connectivity index (χ3v) is 4.87. The molecule has 0 saturated heterocycles. The van der Waals surface area contributed by atoms with Gasteiger partial charge in [0.05, 0.1) is 30.7 Å². The van der Waals surface area contributed by atoms with E-state index in [0.717, 1.165) is 0 Å². The van der Waals surface area contributed by atoms with Gasteiger partial charge >= 0.3 is 0 Å². The molecule has 1 unspecified atom stereocenters. The van der Waals surface area contributed by atoms with E-state index in [4.69, 9.17) is 32.7 Å². The molecule has 0 aliphatic rings. The lowest BCUT2D eigenvalue weighted by Gasteiger charge is -2.15. The van der Waals surface area contributed by atoms with Gasteiger partial charge in [-0.15, -0.1) is 11.6 Å². The minimum absolute atomic E-state index is 0.0788. The number of ether oxygens (including phenoxy) is 2. The first kappa shape index (κ1) is 17.2. The Morgan fingerprint density at radius 3 is 2.35 bits per heavy atom. The molecule has 1 aromatic carbocycles. The molecule has 8 heteroatoms. The van der Waals surface area contributed by atoms with Crippen molar-refractivity contribution in [2.75, 3.05) is 30.6 Å². The summed E-state index contributed by atoms with van der Waals surface area (Å²) in [5, 5.41) is 0.335. The van der Waals surface area contributed by atoms with Crippen molar-refractivity contribution in [1.82, 2.24) is 0 Å². The molecule has 0 radical (unpaired) electrons. The molecule has 0 saturated carbocycles. The molecule has 1 rings (SSSR count). The summed E-state index contributed by atoms with van der Waals surface area (Å²) in [6, 6.07) is 2.97. The van der Waals surface area contributed by atoms with Crippen LogP contribution in [0.15, 0.2) is 12.1 Å². The first-order chi connectivity index (χ1) is 9.32. The fourth-order valence-corrected chi connectivity index (χ4v) is 3.48. The van der Waals surface area contributed by atoms with Crippen molar-refractivity contribution in [3.8, 4) is 11.5 Å². The van der Waals surface area contributed by atoms with Gasteiger partial charge in [-0.1, -0.05) is 18.5 Å². The van der Waals surface area contributed by atoms with Gasteiger partial charge in [-0.25, -0.2) is 8.42 Å². The largest absolute Gasteiger partial charge is 0.495 e. The van der Waals surface area contributed by atoms with E-state index in [1.54, 1.807) is 6.92 Å². The van der Waals surface area contributed by atoms with E-state index < -0.39 is 10.0 Å². The van der Waals surface area contributed by atoms with Crippen LogP contribution in [0.3, 0.4) is 0 Å². The Balaban J connectivity index is 3.07. The summed E-state index contributed by atoms with van der Waals surface area (Å²) in [6.07, 6.45) is 0. The van der Waals surface area contributed by atoms with Crippen LogP contribution in [0.1, 0.15) is 6.92 Å². The predicted molar refractivity (Wildman–Crippen MR) is 81.8 cm³/mol. The van der Waals surface area contributed by atoms with Gasteiger partial charge in [0.15, 0.2) is 0 Å². The lowest BCUT2D eigenvalue weighted by molar-refractivity contribution is 0.405. The number of nitrogens with one attached hydrogen (secondary N) is 1. The normalized spacial score (nSPS) is 12.8. The van der Waals surface area contributed by atoms with Crippen molar-refractivity contribution in [3.63, 3.8) is 0 Å². The molecule has 0 amide bonds. The third kappa shape index (κ3) is 4.61. The van der Waals surface area contributed by atoms with Crippen LogP contribution in [0, 0.1) is 5.92 Å². The summed E-state index contributed by atoms with van der Waals surface area (Å²) < 4.78 is 36.7. The Morgan fingerprint density at radius 1 is 1.25 bits per heavy atom. The summed E-state index contributed by atoms with van der Waals surface area (Å²) in [4.78, 5) is 0. The molecule has 1 atom stereocenters. The molecular formula is C12H17Cl2NO4S. The highest BCUT2D eigenvalue weighted by Crippen LogP contribution is 2.36. The molecule has 1 aromatic rings. The van der Waals surface area contributed by atoms with E-state index in [0.29, 0.717) is 16.5 Å². The van der Waals surface area contributed by atoms with Crippen molar-refractivity contribution in [2.24, 2.45) is 5.92 Å². The second kappa shape index (κ2) is 7.24. The average Bonchev–Trinajstić information content (AvgIpc) is 2.39. The Kier molecular flexibility index (Phi) is 6.23. The van der Waals surface area contributed by atoms with Crippen molar-refractivity contribution in [1.29, 1.82) is 0 Å². The van der Waals surface area contributed by atoms with Crippen LogP contribution in [0.25, 0.3) is 0 Å². The quantitative estimate of drug-likeness (QED) is 0.774. The molecule has 20 heavy (non-hydrogen) atoms. The number of methoxy groups -OCH3 is 2. The van der Waals surface area contributed by atoms with Crippen LogP contribution in [0.2, 0.25) is 5.02 Å². The summed E-state index contributed by atoms with van der Waals surface area (Å²) in [5.41, 5.74) is 0.274. The van der Waals surface area contributed by atoms with E-state index >= 15 is 0 Å². The van der Waals surface area contributed by atoms with Crippen LogP contribution in [-0.4, -0.2) is 34.3 Å². The molecule has 0 spiro atoms. The number of hydrogen-bond acceptors (Lipinski definition) is 4. The minimum Gasteiger partial charge on any atom is -0.495 e. The van der Waals surface area contributed by atoms with Crippen LogP contribution in [-0.2, 0) is 10.0 Å². The molecular weight excluding hydrogens is 325 g/mol. The van der Waals surface area contributed by atoms with E-state index in [2.05, 4.69) is 4.72 Å². The fraction of sp³-hybridized carbons (Fsp3) is 0.500. The number of sulfonamides is 1. The number of alkyl halides is 1. The summed E-state index contributed by atoms with van der Waals surface area (Å²) in [5.74, 6) is 0.704. The molecule has 114 valence electrons. The van der Waals surface area contributed by atoms with Gasteiger partial charge in [-0.2, -0.15) is 0 Å². The molecule has 0 aliphatic heterocycles. The van der Waals surface area contributed by atoms with Gasteiger partial charge in [0.2, 0.25) is 10.0 Å². The molecule has 0 aliphatic carbocycles. The molecule has 0 aromatic heterocycles. The maximum atomic E-state index is 12.0. The van der Waals surface area contributed by atoms with Gasteiger partial charge in [-0.05, 0) is 5.92 Å². The third-order valence-electron chi connectivity index (χ3n) is 2.51. The van der Waals surface area contributed by atoms with Gasteiger partial charge in [0, 0.05) is 18.0 Å². The number of rotatable bonds is 7. The minimum atomic E-state index is -3.53. The van der Waals surface area contributed by atoms with Crippen LogP contribution in [0.5, 0.6) is 11.5 Å². The van der Waals surface area contributed by atoms with Gasteiger partial charge in [-0.3, -0.25) is 4.72 Å². The Hall–Kier alpha value is -0.850. The molecule has 0 heterocycles. The van der Waals surface area contributed by atoms with Gasteiger partial charge < -0.3 is 9.47 Å². The summed E-state index contributed by atoms with van der Waals surface area (Å²) in [7, 11) is -0.656. The van der Waals surface area contributed by atoms with Crippen molar-refractivity contribution in [2.45, 2.75) is 6.92 Å². The molecule has 0 fully saturated rings. The zero-order valence-electron chi connectivity index (χ0n) is 11.4. The van der Waals surface area contributed by atoms with E-state index in [1.165, 1.54) is 26.4 Å². The van der Waals surface area contributed by atoms with Crippen molar-refractivity contribution in [3.05, 3.63) is 17.2 Å². The first-order valence-electron chi connectivity index (χ1n) is 5.81. The SMILES string of the molecule is COc1cc(NS(=O)(=O)CC(C)CCl)c(OC)cc1Cl. The highest BCUT2D eigenvalue weighted by molar-refractivity contribution is 7.92.